The van der Waals surface area contributed by atoms with Crippen LogP contribution in [0.4, 0.5) is 5.69 Å². The second kappa shape index (κ2) is 5.36. The maximum Gasteiger partial charge on any atom is 0.330 e. The minimum Gasteiger partial charge on any atom is -0.380 e. The van der Waals surface area contributed by atoms with Crippen LogP contribution in [-0.2, 0) is 20.6 Å². The summed E-state index contributed by atoms with van der Waals surface area (Å²) in [6.07, 6.45) is 1.59. The Kier molecular flexibility index (Phi) is 3.79. The molecule has 0 radical (unpaired) electrons. The number of aryl methyl sites for hydroxylation is 3. The predicted octanol–water partition coefficient (Wildman–Crippen LogP) is 1.31. The van der Waals surface area contributed by atoms with Crippen LogP contribution in [0.25, 0.3) is 0 Å². The number of anilines is 1. The number of benzene rings is 1. The second-order valence-corrected chi connectivity index (χ2v) is 5.08. The third kappa shape index (κ3) is 2.66. The van der Waals surface area contributed by atoms with Gasteiger partial charge in [-0.15, -0.1) is 0 Å². The lowest BCUT2D eigenvalue weighted by molar-refractivity contribution is 0.671. The minimum atomic E-state index is -0.314. The summed E-state index contributed by atoms with van der Waals surface area (Å²) in [4.78, 5) is 23.6. The van der Waals surface area contributed by atoms with Crippen molar-refractivity contribution >= 4 is 5.69 Å². The Bertz CT molecular complexity index is 757. The van der Waals surface area contributed by atoms with Crippen LogP contribution in [0, 0.1) is 13.8 Å². The molecular weight excluding hydrogens is 254 g/mol. The van der Waals surface area contributed by atoms with Crippen LogP contribution in [-0.4, -0.2) is 9.13 Å². The fourth-order valence-corrected chi connectivity index (χ4v) is 2.12. The van der Waals surface area contributed by atoms with Crippen LogP contribution in [0.15, 0.2) is 34.0 Å². The van der Waals surface area contributed by atoms with E-state index < -0.39 is 0 Å². The summed E-state index contributed by atoms with van der Waals surface area (Å²) in [5, 5.41) is 3.26. The van der Waals surface area contributed by atoms with Crippen molar-refractivity contribution in [3.05, 3.63) is 61.9 Å². The number of nitrogens with zero attached hydrogens (tertiary/aromatic N) is 2. The molecule has 5 nitrogen and oxygen atoms in total. The van der Waals surface area contributed by atoms with Gasteiger partial charge in [-0.1, -0.05) is 12.1 Å². The first-order valence-electron chi connectivity index (χ1n) is 6.47. The lowest BCUT2D eigenvalue weighted by atomic mass is 10.1. The average molecular weight is 273 g/mol. The molecule has 0 saturated heterocycles. The lowest BCUT2D eigenvalue weighted by Crippen LogP contribution is -2.38. The number of nitrogens with one attached hydrogen (secondary N) is 1. The Morgan fingerprint density at radius 1 is 1.15 bits per heavy atom. The van der Waals surface area contributed by atoms with Crippen molar-refractivity contribution in [2.24, 2.45) is 14.1 Å². The van der Waals surface area contributed by atoms with Gasteiger partial charge in [-0.2, -0.15) is 0 Å². The van der Waals surface area contributed by atoms with Crippen molar-refractivity contribution in [2.45, 2.75) is 20.4 Å². The molecule has 1 N–H and O–H groups in total. The van der Waals surface area contributed by atoms with Gasteiger partial charge in [-0.05, 0) is 31.0 Å². The summed E-state index contributed by atoms with van der Waals surface area (Å²) < 4.78 is 2.54. The summed E-state index contributed by atoms with van der Waals surface area (Å²) in [5.74, 6) is 0. The number of aromatic nitrogens is 2. The van der Waals surface area contributed by atoms with Gasteiger partial charge in [-0.25, -0.2) is 4.79 Å². The summed E-state index contributed by atoms with van der Waals surface area (Å²) in [5.41, 5.74) is 3.27. The van der Waals surface area contributed by atoms with E-state index >= 15 is 0 Å². The third-order valence-corrected chi connectivity index (χ3v) is 3.38. The van der Waals surface area contributed by atoms with E-state index in [1.165, 1.54) is 11.6 Å². The van der Waals surface area contributed by atoms with Crippen molar-refractivity contribution in [3.63, 3.8) is 0 Å². The van der Waals surface area contributed by atoms with Gasteiger partial charge in [0.1, 0.15) is 0 Å². The molecular formula is C15H19N3O2. The molecule has 0 atom stereocenters. The van der Waals surface area contributed by atoms with Gasteiger partial charge in [0, 0.05) is 32.5 Å². The topological polar surface area (TPSA) is 56.0 Å². The highest BCUT2D eigenvalue weighted by Gasteiger charge is 2.07. The summed E-state index contributed by atoms with van der Waals surface area (Å²) in [6.45, 7) is 4.43. The molecule has 0 unspecified atom stereocenters. The van der Waals surface area contributed by atoms with E-state index in [4.69, 9.17) is 0 Å². The summed E-state index contributed by atoms with van der Waals surface area (Å²) in [6, 6.07) is 6.13. The minimum absolute atomic E-state index is 0.258. The molecule has 0 amide bonds. The van der Waals surface area contributed by atoms with Crippen molar-refractivity contribution in [1.29, 1.82) is 0 Å². The van der Waals surface area contributed by atoms with Crippen LogP contribution in [0.3, 0.4) is 0 Å². The molecule has 0 fully saturated rings. The van der Waals surface area contributed by atoms with E-state index in [1.54, 1.807) is 13.2 Å². The molecule has 1 aromatic carbocycles. The zero-order chi connectivity index (χ0) is 14.9. The van der Waals surface area contributed by atoms with Crippen LogP contribution < -0.4 is 16.6 Å². The zero-order valence-corrected chi connectivity index (χ0v) is 12.2. The van der Waals surface area contributed by atoms with Crippen LogP contribution in [0.5, 0.6) is 0 Å². The van der Waals surface area contributed by atoms with Crippen molar-refractivity contribution in [3.8, 4) is 0 Å². The highest BCUT2D eigenvalue weighted by Crippen LogP contribution is 2.16. The van der Waals surface area contributed by atoms with Gasteiger partial charge in [0.25, 0.3) is 5.56 Å². The highest BCUT2D eigenvalue weighted by molar-refractivity contribution is 5.52. The summed E-state index contributed by atoms with van der Waals surface area (Å²) >= 11 is 0. The first-order valence-corrected chi connectivity index (χ1v) is 6.47. The van der Waals surface area contributed by atoms with E-state index in [1.807, 2.05) is 32.0 Å². The summed E-state index contributed by atoms with van der Waals surface area (Å²) in [7, 11) is 3.13. The fraction of sp³-hybridized carbons (Fsp3) is 0.333. The average Bonchev–Trinajstić information content (AvgIpc) is 2.42. The van der Waals surface area contributed by atoms with Gasteiger partial charge in [0.05, 0.1) is 5.56 Å². The second-order valence-electron chi connectivity index (χ2n) is 5.08. The fourth-order valence-electron chi connectivity index (χ4n) is 2.12. The first-order chi connectivity index (χ1) is 9.40. The Morgan fingerprint density at radius 3 is 2.55 bits per heavy atom. The molecule has 0 bridgehead atoms. The smallest absolute Gasteiger partial charge is 0.330 e. The molecule has 0 aliphatic carbocycles. The molecule has 5 heteroatoms. The van der Waals surface area contributed by atoms with Crippen LogP contribution in [0.2, 0.25) is 0 Å². The first kappa shape index (κ1) is 14.1. The quantitative estimate of drug-likeness (QED) is 0.917. The van der Waals surface area contributed by atoms with Crippen molar-refractivity contribution < 1.29 is 0 Å². The lowest BCUT2D eigenvalue weighted by Gasteiger charge is -2.11. The standard InChI is InChI=1S/C15H19N3O2/c1-10-5-6-11(2)13(7-10)16-8-12-9-17(3)15(20)18(4)14(12)19/h5-7,9,16H,8H2,1-4H3. The Morgan fingerprint density at radius 2 is 1.85 bits per heavy atom. The molecule has 2 aromatic rings. The van der Waals surface area contributed by atoms with E-state index in [-0.39, 0.29) is 11.2 Å². The van der Waals surface area contributed by atoms with Crippen LogP contribution in [0.1, 0.15) is 16.7 Å². The molecule has 0 saturated carbocycles. The monoisotopic (exact) mass is 273 g/mol. The molecule has 1 heterocycles. The molecule has 20 heavy (non-hydrogen) atoms. The Hall–Kier alpha value is -2.30. The molecule has 1 aromatic heterocycles. The van der Waals surface area contributed by atoms with Gasteiger partial charge < -0.3 is 9.88 Å². The molecule has 0 aliphatic heterocycles. The van der Waals surface area contributed by atoms with Crippen molar-refractivity contribution in [1.82, 2.24) is 9.13 Å². The number of hydrogen-bond acceptors (Lipinski definition) is 3. The number of hydrogen-bond donors (Lipinski definition) is 1. The van der Waals surface area contributed by atoms with E-state index in [0.717, 1.165) is 21.4 Å². The zero-order valence-electron chi connectivity index (χ0n) is 12.2. The maximum atomic E-state index is 12.0. The van der Waals surface area contributed by atoms with E-state index in [2.05, 4.69) is 5.32 Å². The Balaban J connectivity index is 2.30. The predicted molar refractivity (Wildman–Crippen MR) is 80.2 cm³/mol. The maximum absolute atomic E-state index is 12.0. The Labute approximate surface area is 117 Å². The molecule has 2 rings (SSSR count). The SMILES string of the molecule is Cc1ccc(C)c(NCc2cn(C)c(=O)n(C)c2=O)c1. The van der Waals surface area contributed by atoms with Gasteiger partial charge in [0.15, 0.2) is 0 Å². The van der Waals surface area contributed by atoms with Gasteiger partial charge in [0.2, 0.25) is 0 Å². The highest BCUT2D eigenvalue weighted by atomic mass is 16.2. The van der Waals surface area contributed by atoms with E-state index in [9.17, 15) is 9.59 Å². The van der Waals surface area contributed by atoms with Gasteiger partial charge >= 0.3 is 5.69 Å². The van der Waals surface area contributed by atoms with Crippen molar-refractivity contribution in [2.75, 3.05) is 5.32 Å². The molecule has 106 valence electrons. The van der Waals surface area contributed by atoms with Gasteiger partial charge in [-0.3, -0.25) is 9.36 Å². The largest absolute Gasteiger partial charge is 0.380 e. The van der Waals surface area contributed by atoms with E-state index in [0.29, 0.717) is 12.1 Å². The normalized spacial score (nSPS) is 10.6. The third-order valence-electron chi connectivity index (χ3n) is 3.38. The molecule has 0 aliphatic rings. The molecule has 0 spiro atoms. The number of rotatable bonds is 3. The van der Waals surface area contributed by atoms with Crippen LogP contribution >= 0.6 is 0 Å².